The zero-order valence-corrected chi connectivity index (χ0v) is 13.3. The van der Waals surface area contributed by atoms with Crippen LogP contribution >= 0.6 is 0 Å². The molecular formula is C18H17N5O. The number of nitrogens with zero attached hydrogens (tertiary/aromatic N) is 3. The molecule has 1 unspecified atom stereocenters. The average Bonchev–Trinajstić information content (AvgIpc) is 3.33. The second kappa shape index (κ2) is 5.07. The lowest BCUT2D eigenvalue weighted by atomic mass is 10.0. The zero-order valence-electron chi connectivity index (χ0n) is 13.3. The molecule has 0 saturated heterocycles. The lowest BCUT2D eigenvalue weighted by molar-refractivity contribution is 0.435. The number of aromatic nitrogens is 4. The van der Waals surface area contributed by atoms with Gasteiger partial charge in [0.2, 0.25) is 0 Å². The van der Waals surface area contributed by atoms with Crippen LogP contribution in [0.5, 0.6) is 0 Å². The van der Waals surface area contributed by atoms with Crippen molar-refractivity contribution in [3.63, 3.8) is 0 Å². The first kappa shape index (κ1) is 13.6. The Morgan fingerprint density at radius 2 is 2.12 bits per heavy atom. The van der Waals surface area contributed by atoms with Gasteiger partial charge in [0.1, 0.15) is 11.8 Å². The van der Waals surface area contributed by atoms with Crippen molar-refractivity contribution in [1.82, 2.24) is 24.8 Å². The predicted molar refractivity (Wildman–Crippen MR) is 90.6 cm³/mol. The molecule has 4 heterocycles. The van der Waals surface area contributed by atoms with E-state index >= 15 is 0 Å². The van der Waals surface area contributed by atoms with Gasteiger partial charge in [-0.05, 0) is 24.3 Å². The first-order chi connectivity index (χ1) is 11.8. The molecule has 1 aromatic carbocycles. The van der Waals surface area contributed by atoms with E-state index in [0.29, 0.717) is 0 Å². The molecule has 0 aliphatic carbocycles. The van der Waals surface area contributed by atoms with Gasteiger partial charge in [0.25, 0.3) is 0 Å². The minimum Gasteiger partial charge on any atom is -0.456 e. The van der Waals surface area contributed by atoms with E-state index in [-0.39, 0.29) is 6.04 Å². The molecule has 1 aliphatic heterocycles. The summed E-state index contributed by atoms with van der Waals surface area (Å²) in [6.07, 6.45) is 2.71. The molecule has 5 rings (SSSR count). The number of benzene rings is 1. The summed E-state index contributed by atoms with van der Waals surface area (Å²) in [7, 11) is 2.01. The number of fused-ring (bicyclic) bond motifs is 2. The summed E-state index contributed by atoms with van der Waals surface area (Å²) in [5.41, 5.74) is 4.26. The van der Waals surface area contributed by atoms with Gasteiger partial charge in [-0.1, -0.05) is 12.1 Å². The fraction of sp³-hybridized carbons (Fsp3) is 0.222. The number of hydrogen-bond donors (Lipinski definition) is 2. The SMILES string of the molecule is Cn1c(-c2ccc(C3NCCc4[nH]cnc43)o2)nc2ccccc21. The van der Waals surface area contributed by atoms with Crippen molar-refractivity contribution in [2.24, 2.45) is 7.05 Å². The van der Waals surface area contributed by atoms with Gasteiger partial charge in [0, 0.05) is 25.7 Å². The van der Waals surface area contributed by atoms with Gasteiger partial charge in [-0.2, -0.15) is 0 Å². The van der Waals surface area contributed by atoms with Crippen LogP contribution in [0.25, 0.3) is 22.6 Å². The standard InChI is InChI=1S/C18H17N5O/c1-23-13-5-3-2-4-11(13)22-18(23)15-7-6-14(24-15)17-16-12(8-9-19-17)20-10-21-16/h2-7,10,17,19H,8-9H2,1H3,(H,20,21). The Kier molecular flexibility index (Phi) is 2.87. The molecule has 6 heteroatoms. The van der Waals surface area contributed by atoms with Crippen LogP contribution in [0.3, 0.4) is 0 Å². The Bertz CT molecular complexity index is 1030. The van der Waals surface area contributed by atoms with Gasteiger partial charge < -0.3 is 19.3 Å². The van der Waals surface area contributed by atoms with Crippen LogP contribution in [-0.4, -0.2) is 26.1 Å². The second-order valence-corrected chi connectivity index (χ2v) is 6.09. The fourth-order valence-electron chi connectivity index (χ4n) is 3.45. The van der Waals surface area contributed by atoms with E-state index in [9.17, 15) is 0 Å². The highest BCUT2D eigenvalue weighted by molar-refractivity contribution is 5.79. The topological polar surface area (TPSA) is 71.7 Å². The van der Waals surface area contributed by atoms with Crippen LogP contribution in [0, 0.1) is 0 Å². The minimum atomic E-state index is -0.0107. The third-order valence-corrected chi connectivity index (χ3v) is 4.67. The summed E-state index contributed by atoms with van der Waals surface area (Å²) < 4.78 is 8.21. The van der Waals surface area contributed by atoms with Gasteiger partial charge >= 0.3 is 0 Å². The third-order valence-electron chi connectivity index (χ3n) is 4.67. The predicted octanol–water partition coefficient (Wildman–Crippen LogP) is 2.79. The maximum atomic E-state index is 6.15. The zero-order chi connectivity index (χ0) is 16.1. The molecule has 24 heavy (non-hydrogen) atoms. The van der Waals surface area contributed by atoms with E-state index < -0.39 is 0 Å². The number of rotatable bonds is 2. The molecule has 3 aromatic heterocycles. The summed E-state index contributed by atoms with van der Waals surface area (Å²) in [6.45, 7) is 0.905. The molecular weight excluding hydrogens is 302 g/mol. The molecule has 120 valence electrons. The van der Waals surface area contributed by atoms with Gasteiger partial charge in [0.15, 0.2) is 11.6 Å². The average molecular weight is 319 g/mol. The Labute approximate surface area is 138 Å². The molecule has 0 radical (unpaired) electrons. The first-order valence-corrected chi connectivity index (χ1v) is 8.08. The molecule has 2 N–H and O–H groups in total. The fourth-order valence-corrected chi connectivity index (χ4v) is 3.45. The minimum absolute atomic E-state index is 0.0107. The van der Waals surface area contributed by atoms with Gasteiger partial charge in [-0.3, -0.25) is 0 Å². The molecule has 0 amide bonds. The van der Waals surface area contributed by atoms with Gasteiger partial charge in [-0.15, -0.1) is 0 Å². The van der Waals surface area contributed by atoms with Crippen LogP contribution in [0.2, 0.25) is 0 Å². The summed E-state index contributed by atoms with van der Waals surface area (Å²) in [4.78, 5) is 12.4. The van der Waals surface area contributed by atoms with Crippen molar-refractivity contribution < 1.29 is 4.42 Å². The quantitative estimate of drug-likeness (QED) is 0.596. The van der Waals surface area contributed by atoms with Crippen LogP contribution in [0.15, 0.2) is 47.1 Å². The monoisotopic (exact) mass is 319 g/mol. The van der Waals surface area contributed by atoms with E-state index in [1.165, 1.54) is 5.69 Å². The van der Waals surface area contributed by atoms with Crippen LogP contribution in [-0.2, 0) is 13.5 Å². The van der Waals surface area contributed by atoms with Crippen molar-refractivity contribution in [3.8, 4) is 11.6 Å². The Morgan fingerprint density at radius 1 is 1.21 bits per heavy atom. The van der Waals surface area contributed by atoms with Crippen LogP contribution in [0.4, 0.5) is 0 Å². The number of para-hydroxylation sites is 2. The third kappa shape index (κ3) is 1.93. The molecule has 0 bridgehead atoms. The lowest BCUT2D eigenvalue weighted by Crippen LogP contribution is -2.30. The number of hydrogen-bond acceptors (Lipinski definition) is 4. The van der Waals surface area contributed by atoms with Crippen molar-refractivity contribution in [2.75, 3.05) is 6.54 Å². The van der Waals surface area contributed by atoms with Crippen molar-refractivity contribution in [2.45, 2.75) is 12.5 Å². The van der Waals surface area contributed by atoms with Crippen LogP contribution < -0.4 is 5.32 Å². The molecule has 1 aliphatic rings. The number of H-pyrrole nitrogens is 1. The molecule has 0 spiro atoms. The van der Waals surface area contributed by atoms with E-state index in [1.54, 1.807) is 6.33 Å². The second-order valence-electron chi connectivity index (χ2n) is 6.09. The number of imidazole rings is 2. The highest BCUT2D eigenvalue weighted by atomic mass is 16.3. The summed E-state index contributed by atoms with van der Waals surface area (Å²) in [5.74, 6) is 2.47. The molecule has 6 nitrogen and oxygen atoms in total. The van der Waals surface area contributed by atoms with E-state index in [0.717, 1.165) is 47.0 Å². The number of nitrogens with one attached hydrogen (secondary N) is 2. The Hall–Kier alpha value is -2.86. The number of aryl methyl sites for hydroxylation is 1. The molecule has 0 saturated carbocycles. The molecule has 1 atom stereocenters. The molecule has 0 fully saturated rings. The first-order valence-electron chi connectivity index (χ1n) is 8.08. The maximum Gasteiger partial charge on any atom is 0.176 e. The maximum absolute atomic E-state index is 6.15. The number of aromatic amines is 1. The molecule has 4 aromatic rings. The summed E-state index contributed by atoms with van der Waals surface area (Å²) in [6, 6.07) is 12.1. The van der Waals surface area contributed by atoms with E-state index in [2.05, 4.69) is 25.9 Å². The van der Waals surface area contributed by atoms with E-state index in [4.69, 9.17) is 9.40 Å². The summed E-state index contributed by atoms with van der Waals surface area (Å²) >= 11 is 0. The van der Waals surface area contributed by atoms with Crippen LogP contribution in [0.1, 0.15) is 23.2 Å². The Balaban J connectivity index is 1.57. The lowest BCUT2D eigenvalue weighted by Gasteiger charge is -2.21. The van der Waals surface area contributed by atoms with E-state index in [1.807, 2.05) is 37.4 Å². The largest absolute Gasteiger partial charge is 0.456 e. The number of furan rings is 1. The Morgan fingerprint density at radius 3 is 3.04 bits per heavy atom. The van der Waals surface area contributed by atoms with Crippen molar-refractivity contribution >= 4 is 11.0 Å². The summed E-state index contributed by atoms with van der Waals surface area (Å²) in [5, 5.41) is 3.48. The smallest absolute Gasteiger partial charge is 0.176 e. The highest BCUT2D eigenvalue weighted by Gasteiger charge is 2.27. The van der Waals surface area contributed by atoms with Gasteiger partial charge in [-0.25, -0.2) is 9.97 Å². The van der Waals surface area contributed by atoms with Gasteiger partial charge in [0.05, 0.1) is 23.1 Å². The highest BCUT2D eigenvalue weighted by Crippen LogP contribution is 2.31. The normalized spacial score (nSPS) is 17.3. The van der Waals surface area contributed by atoms with Crippen molar-refractivity contribution in [1.29, 1.82) is 0 Å². The van der Waals surface area contributed by atoms with Crippen molar-refractivity contribution in [3.05, 3.63) is 59.9 Å².